The molecule has 184 valence electrons. The summed E-state index contributed by atoms with van der Waals surface area (Å²) in [4.78, 5) is 28.6. The summed E-state index contributed by atoms with van der Waals surface area (Å²) < 4.78 is 0. The molecular weight excluding hydrogens is 476 g/mol. The monoisotopic (exact) mass is 508 g/mol. The highest BCUT2D eigenvalue weighted by Gasteiger charge is 2.30. The first kappa shape index (κ1) is 26.8. The highest BCUT2D eigenvalue weighted by molar-refractivity contribution is 7.98. The van der Waals surface area contributed by atoms with Crippen molar-refractivity contribution in [3.8, 4) is 0 Å². The first-order valence-corrected chi connectivity index (χ1v) is 13.5. The van der Waals surface area contributed by atoms with Crippen LogP contribution in [0.15, 0.2) is 84.9 Å². The topological polar surface area (TPSA) is 49.4 Å². The number of amides is 2. The zero-order valence-electron chi connectivity index (χ0n) is 20.3. The Hall–Kier alpha value is -2.76. The molecule has 0 spiro atoms. The highest BCUT2D eigenvalue weighted by atomic mass is 35.5. The first-order chi connectivity index (χ1) is 16.9. The van der Waals surface area contributed by atoms with Crippen LogP contribution in [0.4, 0.5) is 0 Å². The van der Waals surface area contributed by atoms with Gasteiger partial charge in [-0.25, -0.2) is 0 Å². The van der Waals surface area contributed by atoms with Crippen molar-refractivity contribution in [3.63, 3.8) is 0 Å². The molecule has 0 heterocycles. The van der Waals surface area contributed by atoms with Crippen LogP contribution in [0.2, 0.25) is 5.02 Å². The molecule has 6 heteroatoms. The summed E-state index contributed by atoms with van der Waals surface area (Å²) in [5.41, 5.74) is 3.15. The minimum absolute atomic E-state index is 0.0228. The van der Waals surface area contributed by atoms with Gasteiger partial charge < -0.3 is 10.2 Å². The maximum Gasteiger partial charge on any atom is 0.243 e. The lowest BCUT2D eigenvalue weighted by atomic mass is 10.0. The fourth-order valence-electron chi connectivity index (χ4n) is 3.83. The van der Waals surface area contributed by atoms with Gasteiger partial charge in [0.1, 0.15) is 6.04 Å². The Morgan fingerprint density at radius 3 is 2.14 bits per heavy atom. The average molecular weight is 509 g/mol. The van der Waals surface area contributed by atoms with Gasteiger partial charge in [0, 0.05) is 42.0 Å². The van der Waals surface area contributed by atoms with Crippen molar-refractivity contribution in [2.24, 2.45) is 0 Å². The molecule has 0 aromatic heterocycles. The van der Waals surface area contributed by atoms with E-state index in [1.54, 1.807) is 16.7 Å². The van der Waals surface area contributed by atoms with E-state index >= 15 is 0 Å². The van der Waals surface area contributed by atoms with Gasteiger partial charge in [0.15, 0.2) is 0 Å². The maximum absolute atomic E-state index is 13.6. The lowest BCUT2D eigenvalue weighted by molar-refractivity contribution is -0.141. The standard InChI is InChI=1S/C29H33ClN2O2S/c1-22(2)31-29(34)27(19-23-10-5-3-6-11-23)32(20-25-14-9-15-26(30)18-25)28(33)16-17-35-21-24-12-7-4-8-13-24/h3-15,18,22,27H,16-17,19-21H2,1-2H3,(H,31,34)/t27-/m1/s1. The molecule has 2 amide bonds. The summed E-state index contributed by atoms with van der Waals surface area (Å²) in [6.07, 6.45) is 0.807. The largest absolute Gasteiger partial charge is 0.352 e. The van der Waals surface area contributed by atoms with Gasteiger partial charge in [-0.2, -0.15) is 11.8 Å². The molecule has 0 aliphatic carbocycles. The molecule has 0 unspecified atom stereocenters. The number of benzene rings is 3. The van der Waals surface area contributed by atoms with Gasteiger partial charge in [-0.1, -0.05) is 84.4 Å². The molecule has 35 heavy (non-hydrogen) atoms. The smallest absolute Gasteiger partial charge is 0.243 e. The van der Waals surface area contributed by atoms with Crippen LogP contribution in [-0.2, 0) is 28.3 Å². The van der Waals surface area contributed by atoms with Crippen LogP contribution < -0.4 is 5.32 Å². The van der Waals surface area contributed by atoms with E-state index in [1.807, 2.05) is 86.6 Å². The normalized spacial score (nSPS) is 11.8. The van der Waals surface area contributed by atoms with Crippen LogP contribution in [0.1, 0.15) is 37.0 Å². The Morgan fingerprint density at radius 2 is 1.51 bits per heavy atom. The average Bonchev–Trinajstić information content (AvgIpc) is 2.85. The molecule has 3 aromatic carbocycles. The molecule has 3 aromatic rings. The van der Waals surface area contributed by atoms with Gasteiger partial charge >= 0.3 is 0 Å². The van der Waals surface area contributed by atoms with Gasteiger partial charge in [0.2, 0.25) is 11.8 Å². The Kier molecular flexibility index (Phi) is 10.7. The third kappa shape index (κ3) is 9.08. The molecule has 0 radical (unpaired) electrons. The van der Waals surface area contributed by atoms with E-state index in [9.17, 15) is 9.59 Å². The fourth-order valence-corrected chi connectivity index (χ4v) is 4.94. The van der Waals surface area contributed by atoms with Crippen molar-refractivity contribution in [1.29, 1.82) is 0 Å². The molecule has 3 rings (SSSR count). The van der Waals surface area contributed by atoms with Crippen molar-refractivity contribution in [2.75, 3.05) is 5.75 Å². The van der Waals surface area contributed by atoms with Crippen LogP contribution in [0.3, 0.4) is 0 Å². The van der Waals surface area contributed by atoms with Crippen LogP contribution in [-0.4, -0.2) is 34.6 Å². The number of rotatable bonds is 12. The van der Waals surface area contributed by atoms with Crippen LogP contribution in [0, 0.1) is 0 Å². The van der Waals surface area contributed by atoms with Crippen molar-refractivity contribution >= 4 is 35.2 Å². The second-order valence-electron chi connectivity index (χ2n) is 8.81. The summed E-state index contributed by atoms with van der Waals surface area (Å²) in [5, 5.41) is 3.63. The summed E-state index contributed by atoms with van der Waals surface area (Å²) in [6.45, 7) is 4.19. The van der Waals surface area contributed by atoms with Crippen LogP contribution in [0.25, 0.3) is 0 Å². The number of halogens is 1. The van der Waals surface area contributed by atoms with E-state index in [2.05, 4.69) is 17.4 Å². The molecule has 4 nitrogen and oxygen atoms in total. The number of carbonyl (C=O) groups is 2. The number of hydrogen-bond acceptors (Lipinski definition) is 3. The van der Waals surface area contributed by atoms with E-state index in [1.165, 1.54) is 5.56 Å². The van der Waals surface area contributed by atoms with Crippen molar-refractivity contribution in [3.05, 3.63) is 107 Å². The first-order valence-electron chi connectivity index (χ1n) is 11.9. The fraction of sp³-hybridized carbons (Fsp3) is 0.310. The molecule has 0 bridgehead atoms. The minimum Gasteiger partial charge on any atom is -0.352 e. The number of thioether (sulfide) groups is 1. The summed E-state index contributed by atoms with van der Waals surface area (Å²) in [6, 6.07) is 26.9. The van der Waals surface area contributed by atoms with Gasteiger partial charge in [-0.15, -0.1) is 0 Å². The Bertz CT molecular complexity index is 1080. The van der Waals surface area contributed by atoms with E-state index in [0.717, 1.165) is 16.9 Å². The van der Waals surface area contributed by atoms with Crippen molar-refractivity contribution in [2.45, 2.75) is 51.1 Å². The molecule has 0 fully saturated rings. The van der Waals surface area contributed by atoms with E-state index in [0.29, 0.717) is 30.2 Å². The second-order valence-corrected chi connectivity index (χ2v) is 10.4. The number of carbonyl (C=O) groups excluding carboxylic acids is 2. The number of hydrogen-bond donors (Lipinski definition) is 1. The molecule has 0 aliphatic heterocycles. The van der Waals surface area contributed by atoms with Gasteiger partial charge in [0.05, 0.1) is 0 Å². The third-order valence-corrected chi connectivity index (χ3v) is 6.78. The third-order valence-electron chi connectivity index (χ3n) is 5.52. The second kappa shape index (κ2) is 14.0. The van der Waals surface area contributed by atoms with Gasteiger partial charge in [-0.05, 0) is 42.7 Å². The molecule has 0 saturated heterocycles. The summed E-state index contributed by atoms with van der Waals surface area (Å²) >= 11 is 7.95. The zero-order valence-corrected chi connectivity index (χ0v) is 21.9. The molecular formula is C29H33ClN2O2S. The SMILES string of the molecule is CC(C)NC(=O)[C@@H](Cc1ccccc1)N(Cc1cccc(Cl)c1)C(=O)CCSCc1ccccc1. The zero-order chi connectivity index (χ0) is 25.0. The lowest BCUT2D eigenvalue weighted by Crippen LogP contribution is -2.51. The quantitative estimate of drug-likeness (QED) is 0.299. The number of nitrogens with one attached hydrogen (secondary N) is 1. The molecule has 0 aliphatic rings. The summed E-state index contributed by atoms with van der Waals surface area (Å²) in [7, 11) is 0. The Balaban J connectivity index is 1.79. The van der Waals surface area contributed by atoms with Crippen LogP contribution in [0.5, 0.6) is 0 Å². The van der Waals surface area contributed by atoms with Crippen molar-refractivity contribution in [1.82, 2.24) is 10.2 Å². The Morgan fingerprint density at radius 1 is 0.886 bits per heavy atom. The van der Waals surface area contributed by atoms with E-state index in [4.69, 9.17) is 11.6 Å². The Labute approximate surface area is 218 Å². The molecule has 1 atom stereocenters. The lowest BCUT2D eigenvalue weighted by Gasteiger charge is -2.32. The van der Waals surface area contributed by atoms with Gasteiger partial charge in [-0.3, -0.25) is 9.59 Å². The number of nitrogens with zero attached hydrogens (tertiary/aromatic N) is 1. The summed E-state index contributed by atoms with van der Waals surface area (Å²) in [5.74, 6) is 1.36. The van der Waals surface area contributed by atoms with E-state index < -0.39 is 6.04 Å². The minimum atomic E-state index is -0.620. The van der Waals surface area contributed by atoms with Crippen molar-refractivity contribution < 1.29 is 9.59 Å². The van der Waals surface area contributed by atoms with E-state index in [-0.39, 0.29) is 17.9 Å². The molecule has 1 N–H and O–H groups in total. The van der Waals surface area contributed by atoms with Crippen LogP contribution >= 0.6 is 23.4 Å². The maximum atomic E-state index is 13.6. The predicted molar refractivity (Wildman–Crippen MR) is 146 cm³/mol. The molecule has 0 saturated carbocycles. The predicted octanol–water partition coefficient (Wildman–Crippen LogP) is 6.13. The highest BCUT2D eigenvalue weighted by Crippen LogP contribution is 2.20. The van der Waals surface area contributed by atoms with Gasteiger partial charge in [0.25, 0.3) is 0 Å².